The van der Waals surface area contributed by atoms with Gasteiger partial charge in [-0.25, -0.2) is 0 Å². The number of fused-ring (bicyclic) bond motifs is 1. The molecule has 0 radical (unpaired) electrons. The minimum atomic E-state index is 0.447. The molecule has 0 aromatic heterocycles. The molecule has 1 aliphatic carbocycles. The molecule has 2 aliphatic rings. The van der Waals surface area contributed by atoms with Gasteiger partial charge in [0.15, 0.2) is 11.5 Å². The number of benzene rings is 1. The van der Waals surface area contributed by atoms with Crippen LogP contribution in [0.5, 0.6) is 11.5 Å². The molecule has 1 heterocycles. The Balaban J connectivity index is 1.57. The zero-order chi connectivity index (χ0) is 14.7. The number of hydrogen-bond acceptors (Lipinski definition) is 4. The van der Waals surface area contributed by atoms with Crippen LogP contribution < -0.4 is 14.8 Å². The quantitative estimate of drug-likeness (QED) is 0.879. The fourth-order valence-corrected chi connectivity index (χ4v) is 3.36. The molecule has 4 nitrogen and oxygen atoms in total. The zero-order valence-electron chi connectivity index (χ0n) is 12.4. The molecule has 0 atom stereocenters. The lowest BCUT2D eigenvalue weighted by Gasteiger charge is -2.35. The Labute approximate surface area is 134 Å². The summed E-state index contributed by atoms with van der Waals surface area (Å²) in [7, 11) is 0. The predicted octanol–water partition coefficient (Wildman–Crippen LogP) is 3.27. The molecule has 0 amide bonds. The van der Waals surface area contributed by atoms with Gasteiger partial charge in [0.1, 0.15) is 0 Å². The van der Waals surface area contributed by atoms with Crippen molar-refractivity contribution in [1.82, 2.24) is 5.32 Å². The SMILES string of the molecule is CCOC1CC(NCc2cc(Br)c3c(c2)OCCCO3)C1. The lowest BCUT2D eigenvalue weighted by molar-refractivity contribution is -0.0102. The number of rotatable bonds is 5. The van der Waals surface area contributed by atoms with E-state index in [2.05, 4.69) is 40.3 Å². The maximum Gasteiger partial charge on any atom is 0.175 e. The van der Waals surface area contributed by atoms with Gasteiger partial charge in [-0.3, -0.25) is 0 Å². The molecule has 1 aromatic carbocycles. The first-order valence-electron chi connectivity index (χ1n) is 7.69. The molecule has 116 valence electrons. The summed E-state index contributed by atoms with van der Waals surface area (Å²) in [5.74, 6) is 1.68. The van der Waals surface area contributed by atoms with Gasteiger partial charge in [0.2, 0.25) is 0 Å². The van der Waals surface area contributed by atoms with E-state index in [1.165, 1.54) is 5.56 Å². The minimum absolute atomic E-state index is 0.447. The third-order valence-electron chi connectivity index (χ3n) is 3.95. The lowest BCUT2D eigenvalue weighted by atomic mass is 9.89. The van der Waals surface area contributed by atoms with Gasteiger partial charge in [-0.05, 0) is 53.4 Å². The fraction of sp³-hybridized carbons (Fsp3) is 0.625. The maximum atomic E-state index is 5.76. The molecule has 1 aliphatic heterocycles. The Morgan fingerprint density at radius 3 is 2.90 bits per heavy atom. The second-order valence-electron chi connectivity index (χ2n) is 5.58. The Morgan fingerprint density at radius 2 is 2.10 bits per heavy atom. The van der Waals surface area contributed by atoms with Crippen LogP contribution in [0.3, 0.4) is 0 Å². The maximum absolute atomic E-state index is 5.76. The number of halogens is 1. The highest BCUT2D eigenvalue weighted by atomic mass is 79.9. The highest BCUT2D eigenvalue weighted by molar-refractivity contribution is 9.10. The summed E-state index contributed by atoms with van der Waals surface area (Å²) in [4.78, 5) is 0. The van der Waals surface area contributed by atoms with E-state index in [4.69, 9.17) is 14.2 Å². The fourth-order valence-electron chi connectivity index (χ4n) is 2.75. The minimum Gasteiger partial charge on any atom is -0.490 e. The summed E-state index contributed by atoms with van der Waals surface area (Å²) in [5.41, 5.74) is 1.21. The first-order chi connectivity index (χ1) is 10.3. The van der Waals surface area contributed by atoms with Gasteiger partial charge in [0.05, 0.1) is 23.8 Å². The van der Waals surface area contributed by atoms with Gasteiger partial charge in [-0.1, -0.05) is 0 Å². The molecule has 1 N–H and O–H groups in total. The van der Waals surface area contributed by atoms with Gasteiger partial charge in [-0.2, -0.15) is 0 Å². The van der Waals surface area contributed by atoms with Gasteiger partial charge < -0.3 is 19.5 Å². The molecule has 0 spiro atoms. The second kappa shape index (κ2) is 6.99. The Kier molecular flexibility index (Phi) is 5.03. The van der Waals surface area contributed by atoms with Crippen molar-refractivity contribution in [2.24, 2.45) is 0 Å². The van der Waals surface area contributed by atoms with Crippen molar-refractivity contribution in [2.75, 3.05) is 19.8 Å². The number of hydrogen-bond donors (Lipinski definition) is 1. The van der Waals surface area contributed by atoms with Crippen molar-refractivity contribution in [3.63, 3.8) is 0 Å². The monoisotopic (exact) mass is 355 g/mol. The molecule has 21 heavy (non-hydrogen) atoms. The van der Waals surface area contributed by atoms with Crippen molar-refractivity contribution in [3.05, 3.63) is 22.2 Å². The van der Waals surface area contributed by atoms with Crippen molar-refractivity contribution in [2.45, 2.75) is 44.9 Å². The van der Waals surface area contributed by atoms with Gasteiger partial charge in [0, 0.05) is 25.6 Å². The van der Waals surface area contributed by atoms with Gasteiger partial charge in [0.25, 0.3) is 0 Å². The Morgan fingerprint density at radius 1 is 1.29 bits per heavy atom. The van der Waals surface area contributed by atoms with E-state index in [-0.39, 0.29) is 0 Å². The van der Waals surface area contributed by atoms with E-state index in [0.717, 1.165) is 55.0 Å². The first kappa shape index (κ1) is 15.1. The third kappa shape index (κ3) is 3.71. The van der Waals surface area contributed by atoms with E-state index >= 15 is 0 Å². The van der Waals surface area contributed by atoms with Gasteiger partial charge >= 0.3 is 0 Å². The average Bonchev–Trinajstić information content (AvgIpc) is 2.67. The first-order valence-corrected chi connectivity index (χ1v) is 8.48. The summed E-state index contributed by atoms with van der Waals surface area (Å²) >= 11 is 3.58. The van der Waals surface area contributed by atoms with Crippen LogP contribution >= 0.6 is 15.9 Å². The van der Waals surface area contributed by atoms with Crippen molar-refractivity contribution < 1.29 is 14.2 Å². The van der Waals surface area contributed by atoms with Crippen molar-refractivity contribution in [3.8, 4) is 11.5 Å². The normalized spacial score (nSPS) is 24.3. The van der Waals surface area contributed by atoms with E-state index in [1.807, 2.05) is 0 Å². The third-order valence-corrected chi connectivity index (χ3v) is 4.54. The van der Waals surface area contributed by atoms with Crippen LogP contribution in [0.1, 0.15) is 31.7 Å². The molecular weight excluding hydrogens is 334 g/mol. The van der Waals surface area contributed by atoms with Crippen molar-refractivity contribution >= 4 is 15.9 Å². The molecule has 1 aromatic rings. The molecule has 0 bridgehead atoms. The van der Waals surface area contributed by atoms with E-state index in [1.54, 1.807) is 0 Å². The van der Waals surface area contributed by atoms with E-state index in [0.29, 0.717) is 18.8 Å². The van der Waals surface area contributed by atoms with Crippen LogP contribution in [-0.2, 0) is 11.3 Å². The molecule has 5 heteroatoms. The largest absolute Gasteiger partial charge is 0.490 e. The average molecular weight is 356 g/mol. The zero-order valence-corrected chi connectivity index (χ0v) is 13.9. The molecular formula is C16H22BrNO3. The molecule has 0 saturated heterocycles. The van der Waals surface area contributed by atoms with Crippen molar-refractivity contribution in [1.29, 1.82) is 0 Å². The van der Waals surface area contributed by atoms with E-state index in [9.17, 15) is 0 Å². The summed E-state index contributed by atoms with van der Waals surface area (Å²) in [5, 5.41) is 3.58. The smallest absolute Gasteiger partial charge is 0.175 e. The van der Waals surface area contributed by atoms with Gasteiger partial charge in [-0.15, -0.1) is 0 Å². The standard InChI is InChI=1S/C16H22BrNO3/c1-2-19-13-8-12(9-13)18-10-11-6-14(17)16-15(7-11)20-4-3-5-21-16/h6-7,12-13,18H,2-5,8-10H2,1H3. The van der Waals surface area contributed by atoms with Crippen LogP contribution in [0.4, 0.5) is 0 Å². The Hall–Kier alpha value is -0.780. The second-order valence-corrected chi connectivity index (χ2v) is 6.44. The molecule has 3 rings (SSSR count). The Bertz CT molecular complexity index is 489. The lowest BCUT2D eigenvalue weighted by Crippen LogP contribution is -2.45. The van der Waals surface area contributed by atoms with Crippen LogP contribution in [0.15, 0.2) is 16.6 Å². The van der Waals surface area contributed by atoms with E-state index < -0.39 is 0 Å². The highest BCUT2D eigenvalue weighted by Crippen LogP contribution is 2.38. The van der Waals surface area contributed by atoms with Crippen LogP contribution in [-0.4, -0.2) is 32.0 Å². The van der Waals surface area contributed by atoms with Crippen LogP contribution in [0.2, 0.25) is 0 Å². The molecule has 1 fully saturated rings. The number of nitrogens with one attached hydrogen (secondary N) is 1. The molecule has 0 unspecified atom stereocenters. The summed E-state index contributed by atoms with van der Waals surface area (Å²) in [6.07, 6.45) is 3.59. The highest BCUT2D eigenvalue weighted by Gasteiger charge is 2.29. The summed E-state index contributed by atoms with van der Waals surface area (Å²) in [6, 6.07) is 4.76. The topological polar surface area (TPSA) is 39.7 Å². The number of ether oxygens (including phenoxy) is 3. The summed E-state index contributed by atoms with van der Waals surface area (Å²) < 4.78 is 18.0. The van der Waals surface area contributed by atoms with Crippen LogP contribution in [0, 0.1) is 0 Å². The molecule has 1 saturated carbocycles. The summed E-state index contributed by atoms with van der Waals surface area (Å²) in [6.45, 7) is 5.14. The predicted molar refractivity (Wildman–Crippen MR) is 85.0 cm³/mol. The van der Waals surface area contributed by atoms with Crippen LogP contribution in [0.25, 0.3) is 0 Å².